The fourth-order valence-electron chi connectivity index (χ4n) is 2.70. The van der Waals surface area contributed by atoms with E-state index in [9.17, 15) is 14.7 Å². The summed E-state index contributed by atoms with van der Waals surface area (Å²) in [5, 5.41) is 21.5. The molecular formula is C22H24N2O5. The van der Waals surface area contributed by atoms with E-state index in [2.05, 4.69) is 5.32 Å². The molecule has 0 aliphatic rings. The Bertz CT molecular complexity index is 887. The Kier molecular flexibility index (Phi) is 8.04. The Morgan fingerprint density at radius 1 is 1.10 bits per heavy atom. The number of carbonyl (C=O) groups is 2. The lowest BCUT2D eigenvalue weighted by Gasteiger charge is -2.19. The molecule has 0 spiro atoms. The largest absolute Gasteiger partial charge is 0.490 e. The molecule has 0 amide bonds. The summed E-state index contributed by atoms with van der Waals surface area (Å²) < 4.78 is 11.2. The molecule has 1 unspecified atom stereocenters. The lowest BCUT2D eigenvalue weighted by atomic mass is 10.1. The Morgan fingerprint density at radius 3 is 2.41 bits per heavy atom. The van der Waals surface area contributed by atoms with E-state index in [1.807, 2.05) is 19.9 Å². The van der Waals surface area contributed by atoms with Crippen LogP contribution in [0.4, 0.5) is 5.69 Å². The average molecular weight is 396 g/mol. The maximum Gasteiger partial charge on any atom is 0.330 e. The number of anilines is 1. The van der Waals surface area contributed by atoms with Gasteiger partial charge in [0.2, 0.25) is 0 Å². The monoisotopic (exact) mass is 396 g/mol. The second-order valence-electron chi connectivity index (χ2n) is 6.32. The van der Waals surface area contributed by atoms with Gasteiger partial charge in [0.15, 0.2) is 23.3 Å². The van der Waals surface area contributed by atoms with Gasteiger partial charge in [-0.25, -0.2) is 4.79 Å². The molecule has 0 fully saturated rings. The lowest BCUT2D eigenvalue weighted by molar-refractivity contribution is -0.138. The molecule has 0 bridgehead atoms. The predicted octanol–water partition coefficient (Wildman–Crippen LogP) is 3.94. The quantitative estimate of drug-likeness (QED) is 0.592. The van der Waals surface area contributed by atoms with Crippen LogP contribution in [0.3, 0.4) is 0 Å². The number of nitrogens with zero attached hydrogens (tertiary/aromatic N) is 1. The smallest absolute Gasteiger partial charge is 0.330 e. The van der Waals surface area contributed by atoms with Crippen LogP contribution in [0.25, 0.3) is 0 Å². The summed E-state index contributed by atoms with van der Waals surface area (Å²) in [5.41, 5.74) is 1.53. The number of rotatable bonds is 11. The summed E-state index contributed by atoms with van der Waals surface area (Å²) in [4.78, 5) is 23.6. The van der Waals surface area contributed by atoms with Crippen molar-refractivity contribution in [3.05, 3.63) is 53.6 Å². The number of aliphatic carboxylic acids is 1. The van der Waals surface area contributed by atoms with Crippen LogP contribution in [0.15, 0.2) is 42.5 Å². The minimum atomic E-state index is -1.07. The number of ketones is 1. The standard InChI is InChI=1S/C22H24N2O5/c1-3-5-18(25)14-29-19-11-8-16(12-20(19)28-4-2)21(22(26)27)24-17-9-6-15(13-23)7-10-17/h6-12,21,24H,3-5,14H2,1-2H3,(H,26,27). The van der Waals surface area contributed by atoms with Crippen LogP contribution in [0.5, 0.6) is 11.5 Å². The topological polar surface area (TPSA) is 109 Å². The van der Waals surface area contributed by atoms with Crippen molar-refractivity contribution >= 4 is 17.4 Å². The molecule has 0 saturated heterocycles. The van der Waals surface area contributed by atoms with E-state index >= 15 is 0 Å². The molecule has 1 atom stereocenters. The van der Waals surface area contributed by atoms with Gasteiger partial charge in [-0.15, -0.1) is 0 Å². The van der Waals surface area contributed by atoms with E-state index in [0.717, 1.165) is 6.42 Å². The second-order valence-corrected chi connectivity index (χ2v) is 6.32. The van der Waals surface area contributed by atoms with Crippen molar-refractivity contribution in [2.24, 2.45) is 0 Å². The number of carboxylic acids is 1. The zero-order chi connectivity index (χ0) is 21.2. The summed E-state index contributed by atoms with van der Waals surface area (Å²) in [7, 11) is 0. The van der Waals surface area contributed by atoms with Crippen LogP contribution in [-0.4, -0.2) is 30.1 Å². The third kappa shape index (κ3) is 6.25. The van der Waals surface area contributed by atoms with E-state index in [1.165, 1.54) is 0 Å². The summed E-state index contributed by atoms with van der Waals surface area (Å²) >= 11 is 0. The van der Waals surface area contributed by atoms with Crippen molar-refractivity contribution in [3.63, 3.8) is 0 Å². The van der Waals surface area contributed by atoms with Gasteiger partial charge in [-0.05, 0) is 55.3 Å². The van der Waals surface area contributed by atoms with E-state index in [0.29, 0.717) is 41.3 Å². The second kappa shape index (κ2) is 10.7. The number of ether oxygens (including phenoxy) is 2. The Hall–Kier alpha value is -3.53. The van der Waals surface area contributed by atoms with Crippen molar-refractivity contribution in [3.8, 4) is 17.6 Å². The minimum absolute atomic E-state index is 0.00933. The molecule has 2 N–H and O–H groups in total. The molecule has 0 radical (unpaired) electrons. The maximum atomic E-state index is 11.8. The van der Waals surface area contributed by atoms with Crippen LogP contribution in [0, 0.1) is 11.3 Å². The fourth-order valence-corrected chi connectivity index (χ4v) is 2.70. The van der Waals surface area contributed by atoms with Crippen LogP contribution < -0.4 is 14.8 Å². The van der Waals surface area contributed by atoms with Crippen molar-refractivity contribution in [1.29, 1.82) is 5.26 Å². The molecule has 2 aromatic carbocycles. The first kappa shape index (κ1) is 21.8. The average Bonchev–Trinajstić information content (AvgIpc) is 2.71. The number of benzene rings is 2. The number of nitriles is 1. The number of Topliss-reactive ketones (excluding diaryl/α,β-unsaturated/α-hetero) is 1. The van der Waals surface area contributed by atoms with Crippen molar-refractivity contribution < 1.29 is 24.2 Å². The number of nitrogens with one attached hydrogen (secondary N) is 1. The number of hydrogen-bond donors (Lipinski definition) is 2. The highest BCUT2D eigenvalue weighted by atomic mass is 16.5. The van der Waals surface area contributed by atoms with Crippen molar-refractivity contribution in [2.45, 2.75) is 32.7 Å². The molecule has 2 rings (SSSR count). The third-order valence-electron chi connectivity index (χ3n) is 4.09. The van der Waals surface area contributed by atoms with Gasteiger partial charge in [0, 0.05) is 12.1 Å². The molecule has 2 aromatic rings. The minimum Gasteiger partial charge on any atom is -0.490 e. The van der Waals surface area contributed by atoms with Gasteiger partial charge in [0.25, 0.3) is 0 Å². The fraction of sp³-hybridized carbons (Fsp3) is 0.318. The first-order valence-electron chi connectivity index (χ1n) is 9.39. The summed E-state index contributed by atoms with van der Waals surface area (Å²) in [6.07, 6.45) is 1.19. The molecular weight excluding hydrogens is 372 g/mol. The molecule has 0 aliphatic heterocycles. The predicted molar refractivity (Wildman–Crippen MR) is 108 cm³/mol. The van der Waals surface area contributed by atoms with E-state index in [4.69, 9.17) is 14.7 Å². The number of carboxylic acid groups (broad SMARTS) is 1. The summed E-state index contributed by atoms with van der Waals surface area (Å²) in [6.45, 7) is 4.04. The lowest BCUT2D eigenvalue weighted by Crippen LogP contribution is -2.20. The van der Waals surface area contributed by atoms with E-state index in [-0.39, 0.29) is 12.4 Å². The SMILES string of the molecule is CCCC(=O)COc1ccc(C(Nc2ccc(C#N)cc2)C(=O)O)cc1OCC. The Morgan fingerprint density at radius 2 is 1.83 bits per heavy atom. The highest BCUT2D eigenvalue weighted by Crippen LogP contribution is 2.32. The van der Waals surface area contributed by atoms with Gasteiger partial charge in [-0.3, -0.25) is 4.79 Å². The Balaban J connectivity index is 2.24. The van der Waals surface area contributed by atoms with Crippen molar-refractivity contribution in [2.75, 3.05) is 18.5 Å². The number of carbonyl (C=O) groups excluding carboxylic acids is 1. The molecule has 0 aromatic heterocycles. The highest BCUT2D eigenvalue weighted by Gasteiger charge is 2.22. The molecule has 7 nitrogen and oxygen atoms in total. The zero-order valence-electron chi connectivity index (χ0n) is 16.5. The van der Waals surface area contributed by atoms with E-state index in [1.54, 1.807) is 42.5 Å². The Labute approximate surface area is 169 Å². The molecule has 0 saturated carbocycles. The van der Waals surface area contributed by atoms with Gasteiger partial charge in [0.1, 0.15) is 6.61 Å². The molecule has 7 heteroatoms. The zero-order valence-corrected chi connectivity index (χ0v) is 16.5. The highest BCUT2D eigenvalue weighted by molar-refractivity contribution is 5.80. The van der Waals surface area contributed by atoms with Gasteiger partial charge >= 0.3 is 5.97 Å². The van der Waals surface area contributed by atoms with Crippen LogP contribution in [0.2, 0.25) is 0 Å². The van der Waals surface area contributed by atoms with Gasteiger partial charge < -0.3 is 19.9 Å². The van der Waals surface area contributed by atoms with Gasteiger partial charge in [-0.2, -0.15) is 5.26 Å². The van der Waals surface area contributed by atoms with Crippen LogP contribution in [-0.2, 0) is 9.59 Å². The van der Waals surface area contributed by atoms with Crippen molar-refractivity contribution in [1.82, 2.24) is 0 Å². The molecule has 152 valence electrons. The first-order chi connectivity index (χ1) is 14.0. The number of hydrogen-bond acceptors (Lipinski definition) is 6. The summed E-state index contributed by atoms with van der Waals surface area (Å²) in [5.74, 6) is -0.307. The third-order valence-corrected chi connectivity index (χ3v) is 4.09. The first-order valence-corrected chi connectivity index (χ1v) is 9.39. The van der Waals surface area contributed by atoms with E-state index < -0.39 is 12.0 Å². The van der Waals surface area contributed by atoms with Gasteiger partial charge in [-0.1, -0.05) is 13.0 Å². The maximum absolute atomic E-state index is 11.8. The van der Waals surface area contributed by atoms with Crippen LogP contribution in [0.1, 0.15) is 43.9 Å². The molecule has 29 heavy (non-hydrogen) atoms. The normalized spacial score (nSPS) is 11.2. The molecule has 0 heterocycles. The van der Waals surface area contributed by atoms with Crippen LogP contribution >= 0.6 is 0 Å². The van der Waals surface area contributed by atoms with Gasteiger partial charge in [0.05, 0.1) is 18.2 Å². The molecule has 0 aliphatic carbocycles. The summed E-state index contributed by atoms with van der Waals surface area (Å²) in [6, 6.07) is 12.3.